The second-order valence-electron chi connectivity index (χ2n) is 4.39. The number of aliphatic carboxylic acids is 1. The van der Waals surface area contributed by atoms with Crippen molar-refractivity contribution < 1.29 is 9.90 Å². The summed E-state index contributed by atoms with van der Waals surface area (Å²) in [5, 5.41) is 9.19. The lowest BCUT2D eigenvalue weighted by Crippen LogP contribution is -2.35. The maximum Gasteiger partial charge on any atom is 0.309 e. The van der Waals surface area contributed by atoms with Crippen LogP contribution in [0.15, 0.2) is 0 Å². The lowest BCUT2D eigenvalue weighted by molar-refractivity contribution is -0.152. The summed E-state index contributed by atoms with van der Waals surface area (Å²) in [7, 11) is 0. The molecule has 2 rings (SSSR count). The number of carboxylic acid groups (broad SMARTS) is 1. The Kier molecular flexibility index (Phi) is 1.67. The van der Waals surface area contributed by atoms with E-state index in [0.717, 1.165) is 25.2 Å². The Morgan fingerprint density at radius 2 is 2.33 bits per heavy atom. The van der Waals surface area contributed by atoms with Crippen molar-refractivity contribution in [2.75, 3.05) is 0 Å². The van der Waals surface area contributed by atoms with Crippen LogP contribution < -0.4 is 0 Å². The summed E-state index contributed by atoms with van der Waals surface area (Å²) in [4.78, 5) is 11.1. The van der Waals surface area contributed by atoms with Crippen LogP contribution in [-0.2, 0) is 4.79 Å². The van der Waals surface area contributed by atoms with Crippen molar-refractivity contribution in [3.05, 3.63) is 0 Å². The normalized spacial score (nSPS) is 45.1. The Morgan fingerprint density at radius 1 is 1.58 bits per heavy atom. The minimum atomic E-state index is -0.544. The van der Waals surface area contributed by atoms with Crippen LogP contribution in [0.1, 0.15) is 39.0 Å². The number of fused-ring (bicyclic) bond motifs is 2. The van der Waals surface area contributed by atoms with E-state index in [1.807, 2.05) is 6.92 Å². The maximum atomic E-state index is 11.1. The summed E-state index contributed by atoms with van der Waals surface area (Å²) < 4.78 is 0. The van der Waals surface area contributed by atoms with Crippen LogP contribution in [0.4, 0.5) is 0 Å². The number of carbonyl (C=O) groups is 1. The van der Waals surface area contributed by atoms with Gasteiger partial charge in [-0.15, -0.1) is 0 Å². The molecule has 2 aliphatic rings. The van der Waals surface area contributed by atoms with Gasteiger partial charge in [-0.25, -0.2) is 0 Å². The van der Waals surface area contributed by atoms with Gasteiger partial charge in [-0.3, -0.25) is 4.79 Å². The predicted molar refractivity (Wildman–Crippen MR) is 45.8 cm³/mol. The molecule has 2 saturated carbocycles. The molecule has 12 heavy (non-hydrogen) atoms. The average Bonchev–Trinajstić information content (AvgIpc) is 2.62. The van der Waals surface area contributed by atoms with Gasteiger partial charge in [0.1, 0.15) is 0 Å². The smallest absolute Gasteiger partial charge is 0.309 e. The van der Waals surface area contributed by atoms with Gasteiger partial charge in [0, 0.05) is 0 Å². The molecular formula is C10H16O2. The van der Waals surface area contributed by atoms with Crippen LogP contribution >= 0.6 is 0 Å². The van der Waals surface area contributed by atoms with Gasteiger partial charge in [0.25, 0.3) is 0 Å². The number of carboxylic acids is 1. The zero-order valence-corrected chi connectivity index (χ0v) is 7.55. The molecule has 0 aromatic carbocycles. The highest BCUT2D eigenvalue weighted by atomic mass is 16.4. The Hall–Kier alpha value is -0.530. The van der Waals surface area contributed by atoms with Gasteiger partial charge >= 0.3 is 5.97 Å². The van der Waals surface area contributed by atoms with Crippen molar-refractivity contribution in [1.82, 2.24) is 0 Å². The van der Waals surface area contributed by atoms with Crippen molar-refractivity contribution >= 4 is 5.97 Å². The third kappa shape index (κ3) is 0.838. The van der Waals surface area contributed by atoms with Crippen molar-refractivity contribution in [3.63, 3.8) is 0 Å². The van der Waals surface area contributed by atoms with E-state index in [0.29, 0.717) is 5.92 Å². The number of rotatable bonds is 2. The summed E-state index contributed by atoms with van der Waals surface area (Å²) in [6.07, 6.45) is 5.39. The summed E-state index contributed by atoms with van der Waals surface area (Å²) >= 11 is 0. The molecule has 68 valence electrons. The Morgan fingerprint density at radius 3 is 2.58 bits per heavy atom. The quantitative estimate of drug-likeness (QED) is 0.686. The zero-order chi connectivity index (χ0) is 8.77. The van der Waals surface area contributed by atoms with Gasteiger partial charge in [-0.05, 0) is 37.5 Å². The largest absolute Gasteiger partial charge is 0.481 e. The van der Waals surface area contributed by atoms with Crippen LogP contribution in [0.25, 0.3) is 0 Å². The lowest BCUT2D eigenvalue weighted by Gasteiger charge is -2.32. The molecule has 0 aromatic heterocycles. The Bertz CT molecular complexity index is 212. The minimum absolute atomic E-state index is 0.330. The molecule has 0 radical (unpaired) electrons. The molecular weight excluding hydrogens is 152 g/mol. The molecule has 0 aliphatic heterocycles. The van der Waals surface area contributed by atoms with Gasteiger partial charge in [0.05, 0.1) is 5.41 Å². The molecule has 3 atom stereocenters. The molecule has 0 heterocycles. The fourth-order valence-corrected chi connectivity index (χ4v) is 3.29. The Balaban J connectivity index is 2.25. The topological polar surface area (TPSA) is 37.3 Å². The first kappa shape index (κ1) is 8.09. The van der Waals surface area contributed by atoms with Crippen LogP contribution in [0, 0.1) is 17.3 Å². The summed E-state index contributed by atoms with van der Waals surface area (Å²) in [5.74, 6) is 0.674. The van der Waals surface area contributed by atoms with Crippen molar-refractivity contribution in [3.8, 4) is 0 Å². The van der Waals surface area contributed by atoms with Gasteiger partial charge in [-0.2, -0.15) is 0 Å². The molecule has 2 fully saturated rings. The molecule has 2 bridgehead atoms. The van der Waals surface area contributed by atoms with E-state index in [2.05, 4.69) is 0 Å². The first-order valence-corrected chi connectivity index (χ1v) is 4.92. The molecule has 0 amide bonds. The van der Waals surface area contributed by atoms with Gasteiger partial charge in [-0.1, -0.05) is 13.3 Å². The summed E-state index contributed by atoms with van der Waals surface area (Å²) in [6, 6.07) is 0. The third-order valence-corrected chi connectivity index (χ3v) is 4.03. The van der Waals surface area contributed by atoms with Crippen LogP contribution in [-0.4, -0.2) is 11.1 Å². The Labute approximate surface area is 73.0 Å². The standard InChI is InChI=1S/C10H16O2/c1-2-10(9(11)12)6-7-3-4-8(10)5-7/h7-8H,2-6H2,1H3,(H,11,12)/t7-,8-,10+/m0/s1. The summed E-state index contributed by atoms with van der Waals surface area (Å²) in [5.41, 5.74) is -0.330. The average molecular weight is 168 g/mol. The van der Waals surface area contributed by atoms with Crippen molar-refractivity contribution in [2.45, 2.75) is 39.0 Å². The van der Waals surface area contributed by atoms with Crippen LogP contribution in [0.3, 0.4) is 0 Å². The second kappa shape index (κ2) is 2.48. The van der Waals surface area contributed by atoms with Gasteiger partial charge in [0.2, 0.25) is 0 Å². The van der Waals surface area contributed by atoms with E-state index in [1.165, 1.54) is 12.8 Å². The van der Waals surface area contributed by atoms with Gasteiger partial charge in [0.15, 0.2) is 0 Å². The second-order valence-corrected chi connectivity index (χ2v) is 4.39. The molecule has 0 spiro atoms. The molecule has 1 N–H and O–H groups in total. The number of hydrogen-bond donors (Lipinski definition) is 1. The lowest BCUT2D eigenvalue weighted by atomic mass is 9.71. The monoisotopic (exact) mass is 168 g/mol. The molecule has 2 nitrogen and oxygen atoms in total. The highest BCUT2D eigenvalue weighted by Crippen LogP contribution is 2.57. The van der Waals surface area contributed by atoms with Crippen LogP contribution in [0.2, 0.25) is 0 Å². The first-order valence-electron chi connectivity index (χ1n) is 4.92. The van der Waals surface area contributed by atoms with E-state index in [1.54, 1.807) is 0 Å². The third-order valence-electron chi connectivity index (χ3n) is 4.03. The van der Waals surface area contributed by atoms with E-state index in [4.69, 9.17) is 0 Å². The molecule has 0 saturated heterocycles. The minimum Gasteiger partial charge on any atom is -0.481 e. The fraction of sp³-hybridized carbons (Fsp3) is 0.900. The molecule has 2 heteroatoms. The fourth-order valence-electron chi connectivity index (χ4n) is 3.29. The molecule has 2 aliphatic carbocycles. The van der Waals surface area contributed by atoms with Crippen molar-refractivity contribution in [2.24, 2.45) is 17.3 Å². The zero-order valence-electron chi connectivity index (χ0n) is 7.55. The van der Waals surface area contributed by atoms with Crippen molar-refractivity contribution in [1.29, 1.82) is 0 Å². The highest BCUT2D eigenvalue weighted by Gasteiger charge is 2.54. The molecule has 0 unspecified atom stereocenters. The van der Waals surface area contributed by atoms with E-state index < -0.39 is 5.97 Å². The van der Waals surface area contributed by atoms with Gasteiger partial charge < -0.3 is 5.11 Å². The SMILES string of the molecule is CC[C@@]1(C(=O)O)C[C@H]2CC[C@H]1C2. The van der Waals surface area contributed by atoms with E-state index >= 15 is 0 Å². The molecule has 0 aromatic rings. The highest BCUT2D eigenvalue weighted by molar-refractivity contribution is 5.75. The predicted octanol–water partition coefficient (Wildman–Crippen LogP) is 2.29. The summed E-state index contributed by atoms with van der Waals surface area (Å²) in [6.45, 7) is 2.02. The number of hydrogen-bond acceptors (Lipinski definition) is 1. The van der Waals surface area contributed by atoms with E-state index in [-0.39, 0.29) is 5.41 Å². The van der Waals surface area contributed by atoms with E-state index in [9.17, 15) is 9.90 Å². The van der Waals surface area contributed by atoms with Crippen LogP contribution in [0.5, 0.6) is 0 Å². The first-order chi connectivity index (χ1) is 5.69. The maximum absolute atomic E-state index is 11.1.